The lowest BCUT2D eigenvalue weighted by atomic mass is 9.68. The maximum Gasteiger partial charge on any atom is 0.417 e. The Hall–Kier alpha value is -2.90. The Morgan fingerprint density at radius 2 is 1.84 bits per heavy atom. The van der Waals surface area contributed by atoms with Crippen molar-refractivity contribution in [2.45, 2.75) is 76.0 Å². The molecule has 3 aliphatic rings. The highest BCUT2D eigenvalue weighted by molar-refractivity contribution is 5.96. The highest BCUT2D eigenvalue weighted by atomic mass is 19.4. The van der Waals surface area contributed by atoms with Crippen LogP contribution in [0.3, 0.4) is 0 Å². The van der Waals surface area contributed by atoms with Crippen molar-refractivity contribution in [1.82, 2.24) is 20.0 Å². The van der Waals surface area contributed by atoms with Gasteiger partial charge in [0.15, 0.2) is 0 Å². The molecule has 10 heteroatoms. The van der Waals surface area contributed by atoms with Crippen LogP contribution < -0.4 is 10.6 Å². The van der Waals surface area contributed by atoms with Crippen LogP contribution in [0.25, 0.3) is 0 Å². The van der Waals surface area contributed by atoms with Crippen LogP contribution in [0.1, 0.15) is 75.0 Å². The average Bonchev–Trinajstić information content (AvgIpc) is 3.39. The smallest absolute Gasteiger partial charge is 0.324 e. The predicted octanol–water partition coefficient (Wildman–Crippen LogP) is 4.86. The monoisotopic (exact) mass is 528 g/mol. The van der Waals surface area contributed by atoms with Gasteiger partial charge in [0.2, 0.25) is 0 Å². The van der Waals surface area contributed by atoms with E-state index in [0.717, 1.165) is 43.6 Å². The highest BCUT2D eigenvalue weighted by Gasteiger charge is 2.42. The van der Waals surface area contributed by atoms with Crippen molar-refractivity contribution in [3.63, 3.8) is 0 Å². The SMILES string of the molecule is CC(C)(C(=O)Nc1ccc(C#N)c(C(F)(F)F)c1)n1cc(C2CCN(C3CCC4(CC3)CNC4)CC2)cn1. The molecule has 1 aliphatic carbocycles. The van der Waals surface area contributed by atoms with Gasteiger partial charge < -0.3 is 15.5 Å². The second-order valence-electron chi connectivity index (χ2n) is 11.7. The molecule has 2 aromatic rings. The number of anilines is 1. The molecule has 204 valence electrons. The molecule has 1 saturated carbocycles. The molecular weight excluding hydrogens is 493 g/mol. The van der Waals surface area contributed by atoms with Crippen LogP contribution in [0.2, 0.25) is 0 Å². The van der Waals surface area contributed by atoms with Gasteiger partial charge in [-0.15, -0.1) is 0 Å². The number of rotatable bonds is 5. The molecule has 1 spiro atoms. The zero-order valence-electron chi connectivity index (χ0n) is 21.9. The van der Waals surface area contributed by atoms with Crippen LogP contribution in [-0.2, 0) is 16.5 Å². The molecule has 3 heterocycles. The number of hydrogen-bond acceptors (Lipinski definition) is 5. The zero-order chi connectivity index (χ0) is 27.1. The summed E-state index contributed by atoms with van der Waals surface area (Å²) in [6.07, 6.45) is 6.35. The molecular formula is C28H35F3N6O. The number of hydrogen-bond donors (Lipinski definition) is 2. The molecule has 0 atom stereocenters. The minimum Gasteiger partial charge on any atom is -0.324 e. The Morgan fingerprint density at radius 1 is 1.16 bits per heavy atom. The van der Waals surface area contributed by atoms with Gasteiger partial charge in [0.05, 0.1) is 23.4 Å². The first-order valence-electron chi connectivity index (χ1n) is 13.4. The van der Waals surface area contributed by atoms with E-state index in [1.807, 2.05) is 12.4 Å². The first-order valence-corrected chi connectivity index (χ1v) is 13.4. The normalized spacial score (nSPS) is 21.2. The van der Waals surface area contributed by atoms with Gasteiger partial charge in [-0.3, -0.25) is 9.48 Å². The van der Waals surface area contributed by atoms with Crippen LogP contribution in [-0.4, -0.2) is 52.8 Å². The lowest BCUT2D eigenvalue weighted by Crippen LogP contribution is -2.57. The number of aromatic nitrogens is 2. The Bertz CT molecular complexity index is 1210. The molecule has 3 fully saturated rings. The first-order chi connectivity index (χ1) is 18.0. The van der Waals surface area contributed by atoms with E-state index < -0.39 is 28.7 Å². The third-order valence-electron chi connectivity index (χ3n) is 8.97. The highest BCUT2D eigenvalue weighted by Crippen LogP contribution is 2.42. The Balaban J connectivity index is 1.19. The minimum absolute atomic E-state index is 0.0173. The molecule has 1 amide bonds. The van der Waals surface area contributed by atoms with Crippen molar-refractivity contribution in [2.24, 2.45) is 5.41 Å². The molecule has 38 heavy (non-hydrogen) atoms. The number of benzene rings is 1. The molecule has 1 aromatic heterocycles. The number of amides is 1. The maximum absolute atomic E-state index is 13.3. The largest absolute Gasteiger partial charge is 0.417 e. The maximum atomic E-state index is 13.3. The van der Waals surface area contributed by atoms with E-state index in [1.165, 1.54) is 44.8 Å². The van der Waals surface area contributed by atoms with Crippen molar-refractivity contribution in [2.75, 3.05) is 31.5 Å². The summed E-state index contributed by atoms with van der Waals surface area (Å²) in [5.41, 5.74) is -1.04. The van der Waals surface area contributed by atoms with Gasteiger partial charge in [-0.1, -0.05) is 0 Å². The number of nitriles is 1. The van der Waals surface area contributed by atoms with Gasteiger partial charge in [0.25, 0.3) is 5.91 Å². The number of nitrogens with one attached hydrogen (secondary N) is 2. The van der Waals surface area contributed by atoms with Crippen molar-refractivity contribution < 1.29 is 18.0 Å². The third-order valence-corrected chi connectivity index (χ3v) is 8.97. The number of alkyl halides is 3. The van der Waals surface area contributed by atoms with E-state index >= 15 is 0 Å². The van der Waals surface area contributed by atoms with E-state index in [-0.39, 0.29) is 5.69 Å². The van der Waals surface area contributed by atoms with E-state index in [2.05, 4.69) is 20.6 Å². The van der Waals surface area contributed by atoms with Crippen LogP contribution >= 0.6 is 0 Å². The second-order valence-corrected chi connectivity index (χ2v) is 11.7. The number of carbonyl (C=O) groups is 1. The topological polar surface area (TPSA) is 86.0 Å². The summed E-state index contributed by atoms with van der Waals surface area (Å²) in [4.78, 5) is 15.8. The fourth-order valence-corrected chi connectivity index (χ4v) is 6.21. The summed E-state index contributed by atoms with van der Waals surface area (Å²) in [7, 11) is 0. The van der Waals surface area contributed by atoms with Crippen LogP contribution in [0.4, 0.5) is 18.9 Å². The van der Waals surface area contributed by atoms with Crippen molar-refractivity contribution in [1.29, 1.82) is 5.26 Å². The Morgan fingerprint density at radius 3 is 2.42 bits per heavy atom. The lowest BCUT2D eigenvalue weighted by Gasteiger charge is -2.50. The molecule has 2 saturated heterocycles. The minimum atomic E-state index is -4.69. The van der Waals surface area contributed by atoms with Gasteiger partial charge in [0.1, 0.15) is 5.54 Å². The average molecular weight is 529 g/mol. The van der Waals surface area contributed by atoms with E-state index in [0.29, 0.717) is 17.4 Å². The number of likely N-dealkylation sites (tertiary alicyclic amines) is 1. The molecule has 1 aromatic carbocycles. The number of piperidine rings is 1. The Kier molecular flexibility index (Phi) is 7.03. The number of halogens is 3. The Labute approximate surface area is 221 Å². The summed E-state index contributed by atoms with van der Waals surface area (Å²) in [6.45, 7) is 7.86. The molecule has 0 unspecified atom stereocenters. The predicted molar refractivity (Wildman–Crippen MR) is 137 cm³/mol. The summed E-state index contributed by atoms with van der Waals surface area (Å²) in [6, 6.07) is 5.41. The summed E-state index contributed by atoms with van der Waals surface area (Å²) < 4.78 is 41.6. The first kappa shape index (κ1) is 26.7. The van der Waals surface area contributed by atoms with E-state index in [1.54, 1.807) is 24.6 Å². The number of carbonyl (C=O) groups excluding carboxylic acids is 1. The second kappa shape index (κ2) is 10.0. The lowest BCUT2D eigenvalue weighted by molar-refractivity contribution is -0.137. The molecule has 2 N–H and O–H groups in total. The molecule has 7 nitrogen and oxygen atoms in total. The van der Waals surface area contributed by atoms with Gasteiger partial charge in [-0.05, 0) is 101 Å². The molecule has 0 bridgehead atoms. The molecule has 2 aliphatic heterocycles. The fourth-order valence-electron chi connectivity index (χ4n) is 6.21. The number of nitrogens with zero attached hydrogens (tertiary/aromatic N) is 4. The van der Waals surface area contributed by atoms with Crippen LogP contribution in [0, 0.1) is 16.7 Å². The van der Waals surface area contributed by atoms with Gasteiger partial charge >= 0.3 is 6.18 Å². The van der Waals surface area contributed by atoms with Gasteiger partial charge in [0, 0.05) is 31.0 Å². The summed E-state index contributed by atoms with van der Waals surface area (Å²) in [5.74, 6) is -0.117. The van der Waals surface area contributed by atoms with Crippen molar-refractivity contribution in [3.05, 3.63) is 47.3 Å². The van der Waals surface area contributed by atoms with Crippen molar-refractivity contribution in [3.8, 4) is 6.07 Å². The molecule has 0 radical (unpaired) electrons. The van der Waals surface area contributed by atoms with Crippen LogP contribution in [0.15, 0.2) is 30.6 Å². The third kappa shape index (κ3) is 5.19. The van der Waals surface area contributed by atoms with Crippen molar-refractivity contribution >= 4 is 11.6 Å². The van der Waals surface area contributed by atoms with Crippen LogP contribution in [0.5, 0.6) is 0 Å². The summed E-state index contributed by atoms with van der Waals surface area (Å²) in [5, 5.41) is 19.5. The zero-order valence-corrected chi connectivity index (χ0v) is 21.9. The van der Waals surface area contributed by atoms with Gasteiger partial charge in [-0.25, -0.2) is 0 Å². The quantitative estimate of drug-likeness (QED) is 0.579. The van der Waals surface area contributed by atoms with E-state index in [9.17, 15) is 18.0 Å². The molecule has 5 rings (SSSR count). The van der Waals surface area contributed by atoms with E-state index in [4.69, 9.17) is 5.26 Å². The summed E-state index contributed by atoms with van der Waals surface area (Å²) >= 11 is 0. The standard InChI is InChI=1S/C28H35F3N6O/c1-26(2,25(38)35-22-4-3-20(14-32)24(13-22)28(29,30)31)37-16-21(15-34-37)19-7-11-36(12-8-19)23-5-9-27(10-6-23)17-33-18-27/h3-4,13,15-16,19,23,33H,5-12,17-18H2,1-2H3,(H,35,38). The fraction of sp³-hybridized carbons (Fsp3) is 0.607. The van der Waals surface area contributed by atoms with Gasteiger partial charge in [-0.2, -0.15) is 23.5 Å².